The third-order valence-electron chi connectivity index (χ3n) is 2.41. The first kappa shape index (κ1) is 14.6. The van der Waals surface area contributed by atoms with Crippen LogP contribution in [-0.2, 0) is 6.54 Å². The van der Waals surface area contributed by atoms with Crippen molar-refractivity contribution in [2.75, 3.05) is 27.2 Å². The summed E-state index contributed by atoms with van der Waals surface area (Å²) in [4.78, 5) is 12.1. The SMILES string of the molecule is CN(C)CC(O)CNCc1cccc([N+](=O)[O-])c1. The molecule has 1 aromatic carbocycles. The van der Waals surface area contributed by atoms with Gasteiger partial charge in [-0.3, -0.25) is 10.1 Å². The Kier molecular flexibility index (Phi) is 5.70. The predicted molar refractivity (Wildman–Crippen MR) is 69.4 cm³/mol. The van der Waals surface area contributed by atoms with Gasteiger partial charge in [-0.1, -0.05) is 12.1 Å². The number of nitro benzene ring substituents is 1. The molecule has 0 aliphatic carbocycles. The van der Waals surface area contributed by atoms with Crippen molar-refractivity contribution >= 4 is 5.69 Å². The lowest BCUT2D eigenvalue weighted by Crippen LogP contribution is -2.34. The van der Waals surface area contributed by atoms with Crippen LogP contribution in [0.5, 0.6) is 0 Å². The summed E-state index contributed by atoms with van der Waals surface area (Å²) in [6, 6.07) is 6.47. The Hall–Kier alpha value is -1.50. The summed E-state index contributed by atoms with van der Waals surface area (Å²) in [6.07, 6.45) is -0.446. The molecule has 0 bridgehead atoms. The number of aliphatic hydroxyl groups excluding tert-OH is 1. The fourth-order valence-corrected chi connectivity index (χ4v) is 1.65. The molecule has 6 nitrogen and oxygen atoms in total. The Balaban J connectivity index is 2.39. The summed E-state index contributed by atoms with van der Waals surface area (Å²) in [6.45, 7) is 1.55. The highest BCUT2D eigenvalue weighted by molar-refractivity contribution is 5.34. The zero-order chi connectivity index (χ0) is 13.5. The number of nitro groups is 1. The van der Waals surface area contributed by atoms with Gasteiger partial charge in [-0.25, -0.2) is 0 Å². The summed E-state index contributed by atoms with van der Waals surface area (Å²) in [7, 11) is 3.79. The van der Waals surface area contributed by atoms with Gasteiger partial charge >= 0.3 is 0 Å². The van der Waals surface area contributed by atoms with Crippen LogP contribution in [0.2, 0.25) is 0 Å². The van der Waals surface area contributed by atoms with Crippen molar-refractivity contribution in [3.63, 3.8) is 0 Å². The van der Waals surface area contributed by atoms with E-state index in [4.69, 9.17) is 0 Å². The molecule has 1 aromatic rings. The second kappa shape index (κ2) is 7.05. The van der Waals surface area contributed by atoms with E-state index in [1.807, 2.05) is 25.1 Å². The lowest BCUT2D eigenvalue weighted by Gasteiger charge is -2.16. The molecular formula is C12H19N3O3. The van der Waals surface area contributed by atoms with E-state index >= 15 is 0 Å². The van der Waals surface area contributed by atoms with Gasteiger partial charge in [0.1, 0.15) is 0 Å². The van der Waals surface area contributed by atoms with E-state index in [0.717, 1.165) is 5.56 Å². The zero-order valence-electron chi connectivity index (χ0n) is 10.7. The van der Waals surface area contributed by atoms with Crippen molar-refractivity contribution in [2.45, 2.75) is 12.6 Å². The Morgan fingerprint density at radius 1 is 1.50 bits per heavy atom. The van der Waals surface area contributed by atoms with Gasteiger partial charge in [0, 0.05) is 31.8 Å². The summed E-state index contributed by atoms with van der Waals surface area (Å²) in [5.74, 6) is 0. The number of rotatable bonds is 7. The Morgan fingerprint density at radius 2 is 2.22 bits per heavy atom. The van der Waals surface area contributed by atoms with Gasteiger partial charge in [0.2, 0.25) is 0 Å². The van der Waals surface area contributed by atoms with Crippen molar-refractivity contribution in [3.05, 3.63) is 39.9 Å². The molecule has 0 amide bonds. The van der Waals surface area contributed by atoms with E-state index in [0.29, 0.717) is 19.6 Å². The highest BCUT2D eigenvalue weighted by Crippen LogP contribution is 2.12. The highest BCUT2D eigenvalue weighted by atomic mass is 16.6. The van der Waals surface area contributed by atoms with Crippen LogP contribution in [0.3, 0.4) is 0 Å². The van der Waals surface area contributed by atoms with E-state index in [9.17, 15) is 15.2 Å². The number of hydrogen-bond donors (Lipinski definition) is 2. The number of benzene rings is 1. The van der Waals surface area contributed by atoms with Crippen molar-refractivity contribution in [2.24, 2.45) is 0 Å². The first-order valence-electron chi connectivity index (χ1n) is 5.76. The molecule has 0 fully saturated rings. The second-order valence-electron chi connectivity index (χ2n) is 4.47. The van der Waals surface area contributed by atoms with Crippen LogP contribution in [-0.4, -0.2) is 48.2 Å². The molecule has 0 heterocycles. The maximum atomic E-state index is 10.6. The number of nitrogens with zero attached hydrogens (tertiary/aromatic N) is 2. The maximum Gasteiger partial charge on any atom is 0.269 e. The Morgan fingerprint density at radius 3 is 2.83 bits per heavy atom. The second-order valence-corrected chi connectivity index (χ2v) is 4.47. The minimum atomic E-state index is -0.446. The Bertz CT molecular complexity index is 396. The monoisotopic (exact) mass is 253 g/mol. The lowest BCUT2D eigenvalue weighted by molar-refractivity contribution is -0.384. The van der Waals surface area contributed by atoms with Gasteiger partial charge in [-0.05, 0) is 19.7 Å². The minimum Gasteiger partial charge on any atom is -0.390 e. The van der Waals surface area contributed by atoms with Crippen LogP contribution in [0.15, 0.2) is 24.3 Å². The third kappa shape index (κ3) is 5.22. The molecule has 18 heavy (non-hydrogen) atoms. The average Bonchev–Trinajstić information content (AvgIpc) is 2.28. The molecule has 0 saturated heterocycles. The Labute approximate surface area is 106 Å². The smallest absolute Gasteiger partial charge is 0.269 e. The molecule has 6 heteroatoms. The zero-order valence-corrected chi connectivity index (χ0v) is 10.7. The van der Waals surface area contributed by atoms with E-state index < -0.39 is 11.0 Å². The minimum absolute atomic E-state index is 0.0862. The number of likely N-dealkylation sites (N-methyl/N-ethyl adjacent to an activating group) is 1. The van der Waals surface area contributed by atoms with E-state index in [-0.39, 0.29) is 5.69 Å². The highest BCUT2D eigenvalue weighted by Gasteiger charge is 2.07. The fraction of sp³-hybridized carbons (Fsp3) is 0.500. The van der Waals surface area contributed by atoms with Gasteiger partial charge in [0.25, 0.3) is 5.69 Å². The van der Waals surface area contributed by atoms with E-state index in [1.165, 1.54) is 12.1 Å². The lowest BCUT2D eigenvalue weighted by atomic mass is 10.2. The van der Waals surface area contributed by atoms with Crippen molar-refractivity contribution in [1.29, 1.82) is 0 Å². The number of hydrogen-bond acceptors (Lipinski definition) is 5. The molecule has 2 N–H and O–H groups in total. The van der Waals surface area contributed by atoms with Crippen LogP contribution in [0, 0.1) is 10.1 Å². The molecule has 0 aromatic heterocycles. The number of non-ortho nitro benzene ring substituents is 1. The summed E-state index contributed by atoms with van der Waals surface area (Å²) in [5.41, 5.74) is 0.921. The molecule has 0 radical (unpaired) electrons. The molecular weight excluding hydrogens is 234 g/mol. The van der Waals surface area contributed by atoms with Gasteiger partial charge < -0.3 is 15.3 Å². The summed E-state index contributed by atoms with van der Waals surface area (Å²) < 4.78 is 0. The fourth-order valence-electron chi connectivity index (χ4n) is 1.65. The van der Waals surface area contributed by atoms with Crippen LogP contribution in [0.25, 0.3) is 0 Å². The summed E-state index contributed by atoms with van der Waals surface area (Å²) in [5, 5.41) is 23.3. The molecule has 1 atom stereocenters. The maximum absolute atomic E-state index is 10.6. The van der Waals surface area contributed by atoms with Crippen LogP contribution < -0.4 is 5.32 Å². The molecule has 0 aliphatic heterocycles. The molecule has 0 aliphatic rings. The van der Waals surface area contributed by atoms with Gasteiger partial charge in [-0.2, -0.15) is 0 Å². The topological polar surface area (TPSA) is 78.6 Å². The van der Waals surface area contributed by atoms with Gasteiger partial charge in [-0.15, -0.1) is 0 Å². The van der Waals surface area contributed by atoms with Crippen LogP contribution in [0.1, 0.15) is 5.56 Å². The molecule has 0 saturated carbocycles. The van der Waals surface area contributed by atoms with Crippen molar-refractivity contribution in [1.82, 2.24) is 10.2 Å². The normalized spacial score (nSPS) is 12.7. The number of aliphatic hydroxyl groups is 1. The first-order chi connectivity index (χ1) is 8.49. The third-order valence-corrected chi connectivity index (χ3v) is 2.41. The number of nitrogens with one attached hydrogen (secondary N) is 1. The van der Waals surface area contributed by atoms with Crippen LogP contribution >= 0.6 is 0 Å². The van der Waals surface area contributed by atoms with Crippen molar-refractivity contribution in [3.8, 4) is 0 Å². The van der Waals surface area contributed by atoms with Gasteiger partial charge in [0.05, 0.1) is 11.0 Å². The van der Waals surface area contributed by atoms with Gasteiger partial charge in [0.15, 0.2) is 0 Å². The van der Waals surface area contributed by atoms with E-state index in [1.54, 1.807) is 6.07 Å². The quantitative estimate of drug-likeness (QED) is 0.550. The molecule has 1 rings (SSSR count). The molecule has 100 valence electrons. The summed E-state index contributed by atoms with van der Waals surface area (Å²) >= 11 is 0. The van der Waals surface area contributed by atoms with Crippen LogP contribution in [0.4, 0.5) is 5.69 Å². The first-order valence-corrected chi connectivity index (χ1v) is 5.76. The average molecular weight is 253 g/mol. The van der Waals surface area contributed by atoms with E-state index in [2.05, 4.69) is 5.32 Å². The predicted octanol–water partition coefficient (Wildman–Crippen LogP) is 0.607. The molecule has 1 unspecified atom stereocenters. The van der Waals surface area contributed by atoms with Crippen molar-refractivity contribution < 1.29 is 10.0 Å². The largest absolute Gasteiger partial charge is 0.390 e. The standard InChI is InChI=1S/C12H19N3O3/c1-14(2)9-12(16)8-13-7-10-4-3-5-11(6-10)15(17)18/h3-6,12-13,16H,7-9H2,1-2H3. The molecule has 0 spiro atoms.